The van der Waals surface area contributed by atoms with E-state index in [1.165, 1.54) is 4.57 Å². The summed E-state index contributed by atoms with van der Waals surface area (Å²) < 4.78 is 6.64. The maximum Gasteiger partial charge on any atom is 0.268 e. The Labute approximate surface area is 121 Å². The average Bonchev–Trinajstić information content (AvgIpc) is 2.71. The Kier molecular flexibility index (Phi) is 3.38. The Hall–Kier alpha value is -1.99. The summed E-state index contributed by atoms with van der Waals surface area (Å²) in [7, 11) is 1.60. The molecule has 0 saturated carbocycles. The second kappa shape index (κ2) is 5.09. The van der Waals surface area contributed by atoms with Gasteiger partial charge in [-0.15, -0.1) is 0 Å². The molecule has 3 heterocycles. The average molecular weight is 291 g/mol. The topological polar surface area (TPSA) is 71.8 Å². The lowest BCUT2D eigenvalue weighted by molar-refractivity contribution is 0.0124. The number of hydrogen-bond acceptors (Lipinski definition) is 5. The fraction of sp³-hybridized carbons (Fsp3) is 0.500. The first-order valence-corrected chi connectivity index (χ1v) is 6.87. The van der Waals surface area contributed by atoms with Gasteiger partial charge in [-0.3, -0.25) is 24.2 Å². The van der Waals surface area contributed by atoms with Crippen molar-refractivity contribution in [3.05, 3.63) is 33.2 Å². The number of ether oxygens (including phenoxy) is 1. The highest BCUT2D eigenvalue weighted by molar-refractivity contribution is 6.21. The van der Waals surface area contributed by atoms with E-state index in [9.17, 15) is 14.4 Å². The van der Waals surface area contributed by atoms with Crippen molar-refractivity contribution in [2.45, 2.75) is 6.92 Å². The molecule has 7 nitrogen and oxygen atoms in total. The maximum absolute atomic E-state index is 12.4. The second-order valence-electron chi connectivity index (χ2n) is 5.35. The van der Waals surface area contributed by atoms with Crippen LogP contribution >= 0.6 is 0 Å². The van der Waals surface area contributed by atoms with Gasteiger partial charge >= 0.3 is 0 Å². The van der Waals surface area contributed by atoms with Gasteiger partial charge in [-0.1, -0.05) is 0 Å². The number of amides is 2. The summed E-state index contributed by atoms with van der Waals surface area (Å²) >= 11 is 0. The number of pyridine rings is 1. The van der Waals surface area contributed by atoms with Gasteiger partial charge in [0.05, 0.1) is 25.4 Å². The molecule has 2 aliphatic rings. The van der Waals surface area contributed by atoms with Gasteiger partial charge in [0.2, 0.25) is 0 Å². The summed E-state index contributed by atoms with van der Waals surface area (Å²) in [6.45, 7) is 4.46. The van der Waals surface area contributed by atoms with Crippen LogP contribution in [0.4, 0.5) is 0 Å². The molecule has 0 spiro atoms. The third-order valence-corrected chi connectivity index (χ3v) is 4.05. The highest BCUT2D eigenvalue weighted by Crippen LogP contribution is 2.21. The van der Waals surface area contributed by atoms with E-state index in [4.69, 9.17) is 4.74 Å². The van der Waals surface area contributed by atoms with Gasteiger partial charge in [-0.25, -0.2) is 0 Å². The zero-order valence-electron chi connectivity index (χ0n) is 12.1. The first kappa shape index (κ1) is 14.0. The van der Waals surface area contributed by atoms with Crippen LogP contribution in [-0.4, -0.2) is 59.2 Å². The van der Waals surface area contributed by atoms with Gasteiger partial charge in [0.1, 0.15) is 5.56 Å². The van der Waals surface area contributed by atoms with Crippen molar-refractivity contribution in [1.82, 2.24) is 14.4 Å². The van der Waals surface area contributed by atoms with Gasteiger partial charge in [0.15, 0.2) is 0 Å². The molecule has 112 valence electrons. The molecule has 1 saturated heterocycles. The molecule has 2 amide bonds. The van der Waals surface area contributed by atoms with Crippen molar-refractivity contribution in [2.75, 3.05) is 33.0 Å². The molecule has 1 aromatic heterocycles. The molecule has 0 bridgehead atoms. The molecule has 2 aliphatic heterocycles. The number of imide groups is 1. The summed E-state index contributed by atoms with van der Waals surface area (Å²) in [5.74, 6) is -0.885. The minimum Gasteiger partial charge on any atom is -0.379 e. The summed E-state index contributed by atoms with van der Waals surface area (Å²) in [5.41, 5.74) is 0.455. The Morgan fingerprint density at radius 1 is 1.14 bits per heavy atom. The number of aromatic nitrogens is 1. The van der Waals surface area contributed by atoms with Crippen molar-refractivity contribution in [3.8, 4) is 0 Å². The minimum absolute atomic E-state index is 0.0126. The number of morpholine rings is 1. The highest BCUT2D eigenvalue weighted by Gasteiger charge is 2.39. The van der Waals surface area contributed by atoms with E-state index < -0.39 is 11.5 Å². The molecule has 0 aliphatic carbocycles. The molecule has 0 atom stereocenters. The normalized spacial score (nSPS) is 19.2. The standard InChI is InChI=1S/C14H17N3O4/c1-9-7-10-11(13(19)15(9)2)14(20)17(12(10)18)8-16-3-5-21-6-4-16/h7H,3-6,8H2,1-2H3. The predicted molar refractivity (Wildman–Crippen MR) is 74.2 cm³/mol. The Morgan fingerprint density at radius 2 is 1.81 bits per heavy atom. The lowest BCUT2D eigenvalue weighted by Gasteiger charge is -2.29. The number of carbonyl (C=O) groups is 2. The van der Waals surface area contributed by atoms with Gasteiger partial charge in [-0.2, -0.15) is 0 Å². The van der Waals surface area contributed by atoms with Crippen LogP contribution in [0.3, 0.4) is 0 Å². The van der Waals surface area contributed by atoms with E-state index >= 15 is 0 Å². The zero-order valence-corrected chi connectivity index (χ0v) is 12.1. The number of nitrogens with zero attached hydrogens (tertiary/aromatic N) is 3. The Balaban J connectivity index is 1.93. The van der Waals surface area contributed by atoms with Crippen LogP contribution in [0.1, 0.15) is 26.4 Å². The van der Waals surface area contributed by atoms with Crippen molar-refractivity contribution >= 4 is 11.8 Å². The lowest BCUT2D eigenvalue weighted by Crippen LogP contribution is -2.46. The molecule has 0 N–H and O–H groups in total. The number of fused-ring (bicyclic) bond motifs is 1. The number of rotatable bonds is 2. The van der Waals surface area contributed by atoms with E-state index in [0.717, 1.165) is 4.90 Å². The van der Waals surface area contributed by atoms with Crippen LogP contribution in [0, 0.1) is 6.92 Å². The first-order valence-electron chi connectivity index (χ1n) is 6.87. The molecule has 1 aromatic rings. The van der Waals surface area contributed by atoms with Crippen LogP contribution in [0.2, 0.25) is 0 Å². The van der Waals surface area contributed by atoms with Crippen molar-refractivity contribution < 1.29 is 14.3 Å². The zero-order chi connectivity index (χ0) is 15.1. The van der Waals surface area contributed by atoms with E-state index in [-0.39, 0.29) is 23.7 Å². The fourth-order valence-corrected chi connectivity index (χ4v) is 2.64. The van der Waals surface area contributed by atoms with Crippen LogP contribution < -0.4 is 5.56 Å². The van der Waals surface area contributed by atoms with Gasteiger partial charge in [0, 0.05) is 25.8 Å². The molecule has 21 heavy (non-hydrogen) atoms. The summed E-state index contributed by atoms with van der Waals surface area (Å²) in [5, 5.41) is 0. The third-order valence-electron chi connectivity index (χ3n) is 4.05. The van der Waals surface area contributed by atoms with Crippen LogP contribution in [0.15, 0.2) is 10.9 Å². The van der Waals surface area contributed by atoms with Gasteiger partial charge in [-0.05, 0) is 13.0 Å². The van der Waals surface area contributed by atoms with Crippen molar-refractivity contribution in [1.29, 1.82) is 0 Å². The van der Waals surface area contributed by atoms with E-state index in [2.05, 4.69) is 0 Å². The quantitative estimate of drug-likeness (QED) is 0.692. The molecule has 0 aromatic carbocycles. The highest BCUT2D eigenvalue weighted by atomic mass is 16.5. The molecule has 0 radical (unpaired) electrons. The predicted octanol–water partition coefficient (Wildman–Crippen LogP) is -0.421. The van der Waals surface area contributed by atoms with Crippen molar-refractivity contribution in [3.63, 3.8) is 0 Å². The van der Waals surface area contributed by atoms with E-state index in [1.54, 1.807) is 20.0 Å². The van der Waals surface area contributed by atoms with Crippen LogP contribution in [0.25, 0.3) is 0 Å². The number of hydrogen-bond donors (Lipinski definition) is 0. The third kappa shape index (κ3) is 2.18. The Morgan fingerprint density at radius 3 is 2.48 bits per heavy atom. The first-order chi connectivity index (χ1) is 10.0. The van der Waals surface area contributed by atoms with E-state index in [0.29, 0.717) is 32.0 Å². The molecular weight excluding hydrogens is 274 g/mol. The van der Waals surface area contributed by atoms with Crippen molar-refractivity contribution in [2.24, 2.45) is 7.05 Å². The van der Waals surface area contributed by atoms with Crippen LogP contribution in [0.5, 0.6) is 0 Å². The van der Waals surface area contributed by atoms with E-state index in [1.807, 2.05) is 4.90 Å². The fourth-order valence-electron chi connectivity index (χ4n) is 2.64. The number of carbonyl (C=O) groups excluding carboxylic acids is 2. The monoisotopic (exact) mass is 291 g/mol. The number of aryl methyl sites for hydroxylation is 1. The molecule has 7 heteroatoms. The van der Waals surface area contributed by atoms with Gasteiger partial charge < -0.3 is 9.30 Å². The molecule has 3 rings (SSSR count). The smallest absolute Gasteiger partial charge is 0.268 e. The Bertz CT molecular complexity index is 674. The lowest BCUT2D eigenvalue weighted by atomic mass is 10.1. The largest absolute Gasteiger partial charge is 0.379 e. The summed E-state index contributed by atoms with van der Waals surface area (Å²) in [6, 6.07) is 1.61. The van der Waals surface area contributed by atoms with Crippen LogP contribution in [-0.2, 0) is 11.8 Å². The van der Waals surface area contributed by atoms with Gasteiger partial charge in [0.25, 0.3) is 17.4 Å². The summed E-state index contributed by atoms with van der Waals surface area (Å²) in [6.07, 6.45) is 0. The minimum atomic E-state index is -0.498. The maximum atomic E-state index is 12.4. The second-order valence-corrected chi connectivity index (χ2v) is 5.35. The summed E-state index contributed by atoms with van der Waals surface area (Å²) in [4.78, 5) is 40.1. The molecule has 1 fully saturated rings. The SMILES string of the molecule is Cc1cc2c(c(=O)n1C)C(=O)N(CN1CCOCC1)C2=O. The molecular formula is C14H17N3O4. The molecule has 0 unspecified atom stereocenters.